The molecule has 0 aliphatic heterocycles. The van der Waals surface area contributed by atoms with Crippen molar-refractivity contribution in [2.24, 2.45) is 5.92 Å². The molecule has 0 amide bonds. The fourth-order valence-corrected chi connectivity index (χ4v) is 2.24. The van der Waals surface area contributed by atoms with Crippen LogP contribution < -0.4 is 0 Å². The lowest BCUT2D eigenvalue weighted by Crippen LogP contribution is -2.41. The van der Waals surface area contributed by atoms with Gasteiger partial charge < -0.3 is 10.2 Å². The lowest BCUT2D eigenvalue weighted by molar-refractivity contribution is -0.151. The van der Waals surface area contributed by atoms with Crippen LogP contribution in [0.3, 0.4) is 0 Å². The summed E-state index contributed by atoms with van der Waals surface area (Å²) in [6, 6.07) is 9.52. The number of aliphatic hydroxyl groups is 1. The molecule has 0 spiro atoms. The maximum Gasteiger partial charge on any atom is 0.309 e. The molecular weight excluding hydrogens is 228 g/mol. The Hall–Kier alpha value is -1.35. The van der Waals surface area contributed by atoms with E-state index < -0.39 is 17.5 Å². The molecule has 0 saturated carbocycles. The van der Waals surface area contributed by atoms with E-state index >= 15 is 0 Å². The summed E-state index contributed by atoms with van der Waals surface area (Å²) in [6.45, 7) is 3.64. The van der Waals surface area contributed by atoms with Crippen LogP contribution >= 0.6 is 0 Å². The van der Waals surface area contributed by atoms with Gasteiger partial charge in [0.25, 0.3) is 0 Å². The lowest BCUT2D eigenvalue weighted by Gasteiger charge is -2.30. The molecule has 0 aliphatic carbocycles. The van der Waals surface area contributed by atoms with Crippen LogP contribution in [0.2, 0.25) is 0 Å². The standard InChI is InChI=1S/C15H22O3/c1-3-4-10-13(14(16)17)15(2,18)11-12-8-6-5-7-9-12/h5-9,13,18H,3-4,10-11H2,1-2H3,(H,16,17). The van der Waals surface area contributed by atoms with Gasteiger partial charge in [-0.1, -0.05) is 50.1 Å². The first-order valence-electron chi connectivity index (χ1n) is 6.46. The highest BCUT2D eigenvalue weighted by molar-refractivity contribution is 5.71. The number of benzene rings is 1. The van der Waals surface area contributed by atoms with Crippen molar-refractivity contribution in [2.75, 3.05) is 0 Å². The molecule has 18 heavy (non-hydrogen) atoms. The fourth-order valence-electron chi connectivity index (χ4n) is 2.24. The van der Waals surface area contributed by atoms with Crippen molar-refractivity contribution in [2.45, 2.75) is 45.1 Å². The molecule has 0 aliphatic rings. The summed E-state index contributed by atoms with van der Waals surface area (Å²) in [6.07, 6.45) is 2.65. The van der Waals surface area contributed by atoms with Gasteiger partial charge >= 0.3 is 5.97 Å². The first-order chi connectivity index (χ1) is 8.47. The zero-order chi connectivity index (χ0) is 13.6. The van der Waals surface area contributed by atoms with Crippen LogP contribution in [0.5, 0.6) is 0 Å². The van der Waals surface area contributed by atoms with Gasteiger partial charge in [-0.2, -0.15) is 0 Å². The predicted molar refractivity (Wildman–Crippen MR) is 71.4 cm³/mol. The van der Waals surface area contributed by atoms with E-state index in [-0.39, 0.29) is 0 Å². The van der Waals surface area contributed by atoms with Crippen molar-refractivity contribution < 1.29 is 15.0 Å². The molecule has 0 heterocycles. The summed E-state index contributed by atoms with van der Waals surface area (Å²) in [4.78, 5) is 11.3. The van der Waals surface area contributed by atoms with Gasteiger partial charge in [0.2, 0.25) is 0 Å². The summed E-state index contributed by atoms with van der Waals surface area (Å²) in [5.74, 6) is -1.62. The minimum atomic E-state index is -1.21. The number of hydrogen-bond donors (Lipinski definition) is 2. The summed E-state index contributed by atoms with van der Waals surface area (Å²) in [7, 11) is 0. The van der Waals surface area contributed by atoms with E-state index in [1.54, 1.807) is 6.92 Å². The molecule has 1 aromatic carbocycles. The van der Waals surface area contributed by atoms with Gasteiger partial charge in [0.05, 0.1) is 11.5 Å². The SMILES string of the molecule is CCCCC(C(=O)O)C(C)(O)Cc1ccccc1. The minimum absolute atomic E-state index is 0.370. The third kappa shape index (κ3) is 4.15. The van der Waals surface area contributed by atoms with Gasteiger partial charge in [-0.15, -0.1) is 0 Å². The van der Waals surface area contributed by atoms with Gasteiger partial charge in [0.1, 0.15) is 0 Å². The Morgan fingerprint density at radius 2 is 1.94 bits per heavy atom. The van der Waals surface area contributed by atoms with Crippen molar-refractivity contribution in [3.05, 3.63) is 35.9 Å². The predicted octanol–water partition coefficient (Wildman–Crippen LogP) is 2.87. The number of unbranched alkanes of at least 4 members (excludes halogenated alkanes) is 1. The quantitative estimate of drug-likeness (QED) is 0.782. The molecule has 2 atom stereocenters. The number of hydrogen-bond acceptors (Lipinski definition) is 2. The Morgan fingerprint density at radius 3 is 2.44 bits per heavy atom. The molecule has 1 aromatic rings. The van der Waals surface area contributed by atoms with E-state index in [1.807, 2.05) is 37.3 Å². The van der Waals surface area contributed by atoms with Crippen molar-refractivity contribution in [1.29, 1.82) is 0 Å². The minimum Gasteiger partial charge on any atom is -0.481 e. The van der Waals surface area contributed by atoms with E-state index in [0.29, 0.717) is 12.8 Å². The molecule has 1 rings (SSSR count). The second-order valence-corrected chi connectivity index (χ2v) is 5.05. The lowest BCUT2D eigenvalue weighted by atomic mass is 9.81. The van der Waals surface area contributed by atoms with Gasteiger partial charge in [-0.25, -0.2) is 0 Å². The van der Waals surface area contributed by atoms with Crippen LogP contribution in [-0.4, -0.2) is 21.8 Å². The molecule has 0 fully saturated rings. The van der Waals surface area contributed by atoms with Crippen LogP contribution in [0, 0.1) is 5.92 Å². The third-order valence-electron chi connectivity index (χ3n) is 3.30. The molecule has 100 valence electrons. The largest absolute Gasteiger partial charge is 0.481 e. The molecule has 3 nitrogen and oxygen atoms in total. The van der Waals surface area contributed by atoms with Crippen LogP contribution in [0.15, 0.2) is 30.3 Å². The van der Waals surface area contributed by atoms with Crippen molar-refractivity contribution in [3.63, 3.8) is 0 Å². The summed E-state index contributed by atoms with van der Waals surface area (Å²) >= 11 is 0. The maximum atomic E-state index is 11.3. The van der Waals surface area contributed by atoms with E-state index in [1.165, 1.54) is 0 Å². The van der Waals surface area contributed by atoms with Crippen molar-refractivity contribution in [1.82, 2.24) is 0 Å². The zero-order valence-electron chi connectivity index (χ0n) is 11.1. The second-order valence-electron chi connectivity index (χ2n) is 5.05. The van der Waals surface area contributed by atoms with Crippen molar-refractivity contribution in [3.8, 4) is 0 Å². The van der Waals surface area contributed by atoms with E-state index in [9.17, 15) is 15.0 Å². The van der Waals surface area contributed by atoms with E-state index in [2.05, 4.69) is 0 Å². The molecule has 2 unspecified atom stereocenters. The van der Waals surface area contributed by atoms with Gasteiger partial charge in [0.15, 0.2) is 0 Å². The van der Waals surface area contributed by atoms with E-state index in [0.717, 1.165) is 18.4 Å². The summed E-state index contributed by atoms with van der Waals surface area (Å²) in [5.41, 5.74) is -0.243. The summed E-state index contributed by atoms with van der Waals surface area (Å²) in [5, 5.41) is 19.7. The molecule has 3 heteroatoms. The number of carboxylic acid groups (broad SMARTS) is 1. The highest BCUT2D eigenvalue weighted by Gasteiger charge is 2.36. The Morgan fingerprint density at radius 1 is 1.33 bits per heavy atom. The average Bonchev–Trinajstić information content (AvgIpc) is 2.29. The highest BCUT2D eigenvalue weighted by atomic mass is 16.4. The maximum absolute atomic E-state index is 11.3. The van der Waals surface area contributed by atoms with Crippen molar-refractivity contribution >= 4 is 5.97 Å². The van der Waals surface area contributed by atoms with E-state index in [4.69, 9.17) is 0 Å². The Bertz CT molecular complexity index is 371. The van der Waals surface area contributed by atoms with Gasteiger partial charge in [0, 0.05) is 6.42 Å². The number of carboxylic acids is 1. The van der Waals surface area contributed by atoms with Crippen LogP contribution in [0.4, 0.5) is 0 Å². The molecule has 0 aromatic heterocycles. The first-order valence-corrected chi connectivity index (χ1v) is 6.46. The Labute approximate surface area is 108 Å². The Balaban J connectivity index is 2.78. The average molecular weight is 250 g/mol. The number of rotatable bonds is 7. The zero-order valence-corrected chi connectivity index (χ0v) is 11.1. The molecule has 0 saturated heterocycles. The molecule has 0 bridgehead atoms. The second kappa shape index (κ2) is 6.55. The van der Waals surface area contributed by atoms with Crippen LogP contribution in [0.1, 0.15) is 38.7 Å². The Kier molecular flexibility index (Phi) is 5.35. The topological polar surface area (TPSA) is 57.5 Å². The van der Waals surface area contributed by atoms with Gasteiger partial charge in [-0.3, -0.25) is 4.79 Å². The first kappa shape index (κ1) is 14.7. The number of aliphatic carboxylic acids is 1. The fraction of sp³-hybridized carbons (Fsp3) is 0.533. The third-order valence-corrected chi connectivity index (χ3v) is 3.30. The molecular formula is C15H22O3. The molecule has 2 N–H and O–H groups in total. The van der Waals surface area contributed by atoms with Crippen LogP contribution in [-0.2, 0) is 11.2 Å². The van der Waals surface area contributed by atoms with Crippen LogP contribution in [0.25, 0.3) is 0 Å². The summed E-state index contributed by atoms with van der Waals surface area (Å²) < 4.78 is 0. The number of carbonyl (C=O) groups is 1. The highest BCUT2D eigenvalue weighted by Crippen LogP contribution is 2.27. The van der Waals surface area contributed by atoms with Gasteiger partial charge in [-0.05, 0) is 18.9 Å². The normalized spacial score (nSPS) is 15.9. The monoisotopic (exact) mass is 250 g/mol. The molecule has 0 radical (unpaired) electrons. The smallest absolute Gasteiger partial charge is 0.309 e.